The molecular formula is C25H25BrF3N3O3. The van der Waals surface area contributed by atoms with Gasteiger partial charge in [-0.15, -0.1) is 13.2 Å². The number of hydrogen-bond donors (Lipinski definition) is 3. The Morgan fingerprint density at radius 2 is 1.80 bits per heavy atom. The van der Waals surface area contributed by atoms with Crippen molar-refractivity contribution >= 4 is 27.7 Å². The maximum Gasteiger partial charge on any atom is 0.573 e. The summed E-state index contributed by atoms with van der Waals surface area (Å²) < 4.78 is 42.2. The highest BCUT2D eigenvalue weighted by atomic mass is 79.9. The summed E-state index contributed by atoms with van der Waals surface area (Å²) in [6.07, 6.45) is -0.869. The van der Waals surface area contributed by atoms with Gasteiger partial charge in [-0.05, 0) is 66.8 Å². The van der Waals surface area contributed by atoms with E-state index < -0.39 is 17.8 Å². The molecule has 2 aromatic rings. The monoisotopic (exact) mass is 551 g/mol. The molecule has 0 spiro atoms. The van der Waals surface area contributed by atoms with E-state index in [1.165, 1.54) is 24.3 Å². The van der Waals surface area contributed by atoms with Gasteiger partial charge in [-0.25, -0.2) is 0 Å². The smallest absolute Gasteiger partial charge is 0.406 e. The summed E-state index contributed by atoms with van der Waals surface area (Å²) in [7, 11) is 0. The quantitative estimate of drug-likeness (QED) is 0.461. The minimum atomic E-state index is -4.78. The first-order valence-electron chi connectivity index (χ1n) is 11.3. The van der Waals surface area contributed by atoms with E-state index in [0.29, 0.717) is 31.4 Å². The summed E-state index contributed by atoms with van der Waals surface area (Å²) in [5.74, 6) is -1.00. The SMILES string of the molecule is O=C(N/C=C1/CCNC1)C(Cc1ccc(Br)cc1)NC(=O)C1(c2ccc(OC(F)(F)F)cc2)CC1. The molecule has 1 aliphatic heterocycles. The number of rotatable bonds is 8. The Morgan fingerprint density at radius 1 is 1.11 bits per heavy atom. The average Bonchev–Trinajstić information content (AvgIpc) is 3.46. The molecule has 186 valence electrons. The fourth-order valence-electron chi connectivity index (χ4n) is 4.09. The standard InChI is InChI=1S/C25H25BrF3N3O3/c26-19-5-1-16(2-6-19)13-21(22(33)31-15-17-9-12-30-14-17)32-23(34)24(10-11-24)18-3-7-20(8-4-18)35-25(27,28)29/h1-8,15,21,30H,9-14H2,(H,31,33)(H,32,34)/b17-15-. The lowest BCUT2D eigenvalue weighted by Crippen LogP contribution is -2.50. The van der Waals surface area contributed by atoms with Crippen molar-refractivity contribution in [3.8, 4) is 5.75 Å². The van der Waals surface area contributed by atoms with Gasteiger partial charge in [0.15, 0.2) is 0 Å². The highest BCUT2D eigenvalue weighted by Gasteiger charge is 2.52. The predicted molar refractivity (Wildman–Crippen MR) is 128 cm³/mol. The Morgan fingerprint density at radius 3 is 2.37 bits per heavy atom. The zero-order valence-electron chi connectivity index (χ0n) is 18.8. The predicted octanol–water partition coefficient (Wildman–Crippen LogP) is 4.10. The fraction of sp³-hybridized carbons (Fsp3) is 0.360. The highest BCUT2D eigenvalue weighted by Crippen LogP contribution is 2.49. The van der Waals surface area contributed by atoms with Gasteiger partial charge in [-0.2, -0.15) is 0 Å². The molecular weight excluding hydrogens is 527 g/mol. The van der Waals surface area contributed by atoms with Crippen LogP contribution in [0.3, 0.4) is 0 Å². The van der Waals surface area contributed by atoms with Crippen molar-refractivity contribution in [2.75, 3.05) is 13.1 Å². The van der Waals surface area contributed by atoms with Crippen molar-refractivity contribution in [2.24, 2.45) is 0 Å². The van der Waals surface area contributed by atoms with Gasteiger partial charge >= 0.3 is 6.36 Å². The summed E-state index contributed by atoms with van der Waals surface area (Å²) in [5.41, 5.74) is 1.67. The summed E-state index contributed by atoms with van der Waals surface area (Å²) in [4.78, 5) is 26.4. The molecule has 1 aliphatic carbocycles. The van der Waals surface area contributed by atoms with Crippen molar-refractivity contribution in [1.29, 1.82) is 0 Å². The van der Waals surface area contributed by atoms with E-state index in [1.807, 2.05) is 24.3 Å². The number of alkyl halides is 3. The Balaban J connectivity index is 1.48. The molecule has 2 aliphatic rings. The highest BCUT2D eigenvalue weighted by molar-refractivity contribution is 9.10. The van der Waals surface area contributed by atoms with Gasteiger partial charge in [0.25, 0.3) is 0 Å². The number of amides is 2. The van der Waals surface area contributed by atoms with Crippen LogP contribution in [-0.2, 0) is 21.4 Å². The molecule has 1 saturated carbocycles. The van der Waals surface area contributed by atoms with Crippen LogP contribution in [-0.4, -0.2) is 37.3 Å². The summed E-state index contributed by atoms with van der Waals surface area (Å²) in [6, 6.07) is 12.0. The van der Waals surface area contributed by atoms with Crippen LogP contribution >= 0.6 is 15.9 Å². The molecule has 2 amide bonds. The lowest BCUT2D eigenvalue weighted by molar-refractivity contribution is -0.274. The first-order valence-corrected chi connectivity index (χ1v) is 12.0. The van der Waals surface area contributed by atoms with E-state index in [9.17, 15) is 22.8 Å². The number of halogens is 4. The number of nitrogens with one attached hydrogen (secondary N) is 3. The normalized spacial score (nSPS) is 18.7. The van der Waals surface area contributed by atoms with Crippen LogP contribution in [0.1, 0.15) is 30.4 Å². The maximum atomic E-state index is 13.3. The third kappa shape index (κ3) is 6.64. The van der Waals surface area contributed by atoms with Crippen molar-refractivity contribution in [1.82, 2.24) is 16.0 Å². The van der Waals surface area contributed by atoms with Crippen molar-refractivity contribution in [2.45, 2.75) is 43.5 Å². The average molecular weight is 552 g/mol. The van der Waals surface area contributed by atoms with Gasteiger partial charge in [-0.3, -0.25) is 9.59 Å². The molecule has 2 aromatic carbocycles. The second-order valence-corrected chi connectivity index (χ2v) is 9.66. The Bertz CT molecular complexity index is 1090. The second kappa shape index (κ2) is 10.4. The number of carbonyl (C=O) groups excluding carboxylic acids is 2. The Labute approximate surface area is 209 Å². The molecule has 4 rings (SSSR count). The van der Waals surface area contributed by atoms with Crippen LogP contribution in [0.25, 0.3) is 0 Å². The van der Waals surface area contributed by atoms with E-state index in [1.54, 1.807) is 6.20 Å². The van der Waals surface area contributed by atoms with Crippen LogP contribution < -0.4 is 20.7 Å². The molecule has 1 unspecified atom stereocenters. The molecule has 1 saturated heterocycles. The van der Waals surface area contributed by atoms with Crippen LogP contribution in [0.15, 0.2) is 64.8 Å². The summed E-state index contributed by atoms with van der Waals surface area (Å²) in [5, 5.41) is 8.91. The molecule has 0 radical (unpaired) electrons. The molecule has 10 heteroatoms. The topological polar surface area (TPSA) is 79.5 Å². The number of hydrogen-bond acceptors (Lipinski definition) is 4. The Hall–Kier alpha value is -2.85. The van der Waals surface area contributed by atoms with Crippen LogP contribution in [0, 0.1) is 0 Å². The van der Waals surface area contributed by atoms with E-state index in [4.69, 9.17) is 0 Å². The number of carbonyl (C=O) groups is 2. The largest absolute Gasteiger partial charge is 0.573 e. The zero-order valence-corrected chi connectivity index (χ0v) is 20.3. The lowest BCUT2D eigenvalue weighted by atomic mass is 9.94. The molecule has 3 N–H and O–H groups in total. The van der Waals surface area contributed by atoms with E-state index in [0.717, 1.165) is 28.6 Å². The zero-order chi connectivity index (χ0) is 25.1. The molecule has 1 heterocycles. The van der Waals surface area contributed by atoms with Gasteiger partial charge in [0, 0.05) is 23.6 Å². The molecule has 6 nitrogen and oxygen atoms in total. The number of benzene rings is 2. The van der Waals surface area contributed by atoms with Gasteiger partial charge < -0.3 is 20.7 Å². The van der Waals surface area contributed by atoms with Gasteiger partial charge in [-0.1, -0.05) is 40.2 Å². The lowest BCUT2D eigenvalue weighted by Gasteiger charge is -2.22. The molecule has 2 fully saturated rings. The Kier molecular flexibility index (Phi) is 7.51. The van der Waals surface area contributed by atoms with Crippen molar-refractivity contribution in [3.63, 3.8) is 0 Å². The third-order valence-electron chi connectivity index (χ3n) is 6.19. The van der Waals surface area contributed by atoms with E-state index in [-0.39, 0.29) is 17.6 Å². The van der Waals surface area contributed by atoms with Gasteiger partial charge in [0.2, 0.25) is 11.8 Å². The van der Waals surface area contributed by atoms with Crippen LogP contribution in [0.2, 0.25) is 0 Å². The van der Waals surface area contributed by atoms with Crippen molar-refractivity contribution in [3.05, 3.63) is 75.9 Å². The first-order chi connectivity index (χ1) is 16.6. The van der Waals surface area contributed by atoms with E-state index >= 15 is 0 Å². The summed E-state index contributed by atoms with van der Waals surface area (Å²) in [6.45, 7) is 1.57. The van der Waals surface area contributed by atoms with Gasteiger partial charge in [0.05, 0.1) is 5.41 Å². The van der Waals surface area contributed by atoms with Crippen LogP contribution in [0.4, 0.5) is 13.2 Å². The molecule has 35 heavy (non-hydrogen) atoms. The van der Waals surface area contributed by atoms with Gasteiger partial charge in [0.1, 0.15) is 11.8 Å². The van der Waals surface area contributed by atoms with Crippen molar-refractivity contribution < 1.29 is 27.5 Å². The summed E-state index contributed by atoms with van der Waals surface area (Å²) >= 11 is 3.39. The maximum absolute atomic E-state index is 13.3. The second-order valence-electron chi connectivity index (χ2n) is 8.75. The fourth-order valence-corrected chi connectivity index (χ4v) is 4.36. The molecule has 0 aromatic heterocycles. The number of ether oxygens (including phenoxy) is 1. The van der Waals surface area contributed by atoms with E-state index in [2.05, 4.69) is 36.6 Å². The third-order valence-corrected chi connectivity index (χ3v) is 6.72. The molecule has 1 atom stereocenters. The minimum Gasteiger partial charge on any atom is -0.406 e. The van der Waals surface area contributed by atoms with Crippen LogP contribution in [0.5, 0.6) is 5.75 Å². The first kappa shape index (κ1) is 25.2. The molecule has 0 bridgehead atoms. The minimum absolute atomic E-state index is 0.292.